The lowest BCUT2D eigenvalue weighted by Crippen LogP contribution is -2.35. The van der Waals surface area contributed by atoms with Crippen LogP contribution in [0.2, 0.25) is 0 Å². The first-order valence-electron chi connectivity index (χ1n) is 15.1. The maximum atomic E-state index is 14.0. The highest BCUT2D eigenvalue weighted by Gasteiger charge is 2.40. The number of hydrogen-bond donors (Lipinski definition) is 1. The normalized spacial score (nSPS) is 14.7. The summed E-state index contributed by atoms with van der Waals surface area (Å²) in [4.78, 5) is 32.0. The number of anilines is 2. The standard InChI is InChI=1S/C34H36F7N3O3/c1-5-47-31(46)13-21-8-10-44(11-9-21)30-17-27(26-7-6-25(35)12-20(26)2)28(18-43-30)42-19-29(45)32(3,4)22-14-23(33(36,37)38)16-24(15-22)34(39,40)41/h6-7,12,14-18,21,42H,5,8-11,13,19H2,1-4H3. The van der Waals surface area contributed by atoms with Crippen molar-refractivity contribution in [2.45, 2.75) is 64.7 Å². The van der Waals surface area contributed by atoms with Gasteiger partial charge in [0.05, 0.1) is 41.6 Å². The van der Waals surface area contributed by atoms with Crippen molar-refractivity contribution in [3.05, 3.63) is 76.7 Å². The molecule has 0 atom stereocenters. The maximum absolute atomic E-state index is 14.0. The van der Waals surface area contributed by atoms with Crippen LogP contribution < -0.4 is 10.2 Å². The number of carbonyl (C=O) groups excluding carboxylic acids is 2. The molecule has 2 heterocycles. The summed E-state index contributed by atoms with van der Waals surface area (Å²) in [6.45, 7) is 7.12. The Morgan fingerprint density at radius 2 is 1.51 bits per heavy atom. The third-order valence-electron chi connectivity index (χ3n) is 8.51. The van der Waals surface area contributed by atoms with Crippen molar-refractivity contribution in [3.63, 3.8) is 0 Å². The van der Waals surface area contributed by atoms with Gasteiger partial charge in [-0.2, -0.15) is 26.3 Å². The van der Waals surface area contributed by atoms with E-state index in [4.69, 9.17) is 4.74 Å². The van der Waals surface area contributed by atoms with Gasteiger partial charge in [0, 0.05) is 25.1 Å². The number of aromatic nitrogens is 1. The van der Waals surface area contributed by atoms with Crippen LogP contribution in [0.1, 0.15) is 62.3 Å². The van der Waals surface area contributed by atoms with Crippen molar-refractivity contribution in [2.75, 3.05) is 36.5 Å². The number of esters is 1. The Morgan fingerprint density at radius 3 is 2.06 bits per heavy atom. The molecule has 1 fully saturated rings. The van der Waals surface area contributed by atoms with Crippen molar-refractivity contribution in [2.24, 2.45) is 5.92 Å². The fourth-order valence-corrected chi connectivity index (χ4v) is 5.61. The topological polar surface area (TPSA) is 71.5 Å². The van der Waals surface area contributed by atoms with Gasteiger partial charge in [-0.25, -0.2) is 9.37 Å². The number of piperidine rings is 1. The molecule has 1 aliphatic heterocycles. The van der Waals surface area contributed by atoms with Gasteiger partial charge in [-0.1, -0.05) is 6.07 Å². The van der Waals surface area contributed by atoms with E-state index in [-0.39, 0.29) is 18.0 Å². The van der Waals surface area contributed by atoms with E-state index in [1.807, 2.05) is 4.90 Å². The van der Waals surface area contributed by atoms with E-state index in [0.717, 1.165) is 12.8 Å². The molecule has 254 valence electrons. The zero-order chi connectivity index (χ0) is 34.7. The number of ketones is 1. The Hall–Kier alpha value is -4.16. The molecule has 3 aromatic rings. The molecular weight excluding hydrogens is 631 g/mol. The number of halogens is 7. The number of aryl methyl sites for hydroxylation is 1. The largest absolute Gasteiger partial charge is 0.466 e. The zero-order valence-electron chi connectivity index (χ0n) is 26.4. The average molecular weight is 668 g/mol. The average Bonchev–Trinajstić information content (AvgIpc) is 2.99. The molecule has 0 aliphatic carbocycles. The van der Waals surface area contributed by atoms with Crippen molar-refractivity contribution in [3.8, 4) is 11.1 Å². The Kier molecular flexibility index (Phi) is 10.6. The van der Waals surface area contributed by atoms with Gasteiger partial charge in [-0.05, 0) is 99.5 Å². The second-order valence-electron chi connectivity index (χ2n) is 12.2. The van der Waals surface area contributed by atoms with Crippen molar-refractivity contribution >= 4 is 23.3 Å². The number of rotatable bonds is 10. The van der Waals surface area contributed by atoms with Crippen LogP contribution in [0.3, 0.4) is 0 Å². The number of hydrogen-bond acceptors (Lipinski definition) is 6. The van der Waals surface area contributed by atoms with Crippen molar-refractivity contribution < 1.29 is 45.1 Å². The van der Waals surface area contributed by atoms with Gasteiger partial charge < -0.3 is 15.0 Å². The molecular formula is C34H36F7N3O3. The third kappa shape index (κ3) is 8.61. The maximum Gasteiger partial charge on any atom is 0.416 e. The fourth-order valence-electron chi connectivity index (χ4n) is 5.61. The van der Waals surface area contributed by atoms with Crippen LogP contribution in [0.25, 0.3) is 11.1 Å². The lowest BCUT2D eigenvalue weighted by Gasteiger charge is -2.33. The van der Waals surface area contributed by atoms with Crippen molar-refractivity contribution in [1.29, 1.82) is 0 Å². The SMILES string of the molecule is CCOC(=O)CC1CCN(c2cc(-c3ccc(F)cc3C)c(NCC(=O)C(C)(C)c3cc(C(F)(F)F)cc(C(F)(F)F)c3)cn2)CC1. The molecule has 0 spiro atoms. The summed E-state index contributed by atoms with van der Waals surface area (Å²) < 4.78 is 100. The van der Waals surface area contributed by atoms with Crippen LogP contribution in [0.5, 0.6) is 0 Å². The Bertz CT molecular complexity index is 1580. The number of pyridine rings is 1. The van der Waals surface area contributed by atoms with E-state index in [9.17, 15) is 40.3 Å². The molecule has 0 radical (unpaired) electrons. The third-order valence-corrected chi connectivity index (χ3v) is 8.51. The van der Waals surface area contributed by atoms with Crippen molar-refractivity contribution in [1.82, 2.24) is 4.98 Å². The number of carbonyl (C=O) groups is 2. The molecule has 1 N–H and O–H groups in total. The van der Waals surface area contributed by atoms with Gasteiger partial charge in [0.25, 0.3) is 0 Å². The van der Waals surface area contributed by atoms with E-state index in [0.29, 0.717) is 66.4 Å². The number of ether oxygens (including phenoxy) is 1. The first-order valence-corrected chi connectivity index (χ1v) is 15.1. The molecule has 13 heteroatoms. The Balaban J connectivity index is 1.60. The summed E-state index contributed by atoms with van der Waals surface area (Å²) in [6, 6.07) is 7.14. The summed E-state index contributed by atoms with van der Waals surface area (Å²) in [5, 5.41) is 2.97. The number of benzene rings is 2. The zero-order valence-corrected chi connectivity index (χ0v) is 26.4. The minimum absolute atomic E-state index is 0.0235. The van der Waals surface area contributed by atoms with Crippen LogP contribution in [0.4, 0.5) is 42.2 Å². The van der Waals surface area contributed by atoms with Crippen LogP contribution in [0, 0.1) is 18.7 Å². The van der Waals surface area contributed by atoms with Crippen LogP contribution >= 0.6 is 0 Å². The van der Waals surface area contributed by atoms with E-state index in [2.05, 4.69) is 10.3 Å². The second-order valence-corrected chi connectivity index (χ2v) is 12.2. The Labute approximate surface area is 268 Å². The first kappa shape index (κ1) is 35.7. The first-order chi connectivity index (χ1) is 21.9. The Morgan fingerprint density at radius 1 is 0.915 bits per heavy atom. The van der Waals surface area contributed by atoms with Gasteiger partial charge in [0.15, 0.2) is 5.78 Å². The molecule has 0 amide bonds. The molecule has 47 heavy (non-hydrogen) atoms. The highest BCUT2D eigenvalue weighted by atomic mass is 19.4. The lowest BCUT2D eigenvalue weighted by molar-refractivity contribution is -0.145. The van der Waals surface area contributed by atoms with Gasteiger partial charge in [-0.15, -0.1) is 0 Å². The molecule has 1 aliphatic rings. The summed E-state index contributed by atoms with van der Waals surface area (Å²) in [5.41, 5.74) is -3.01. The predicted molar refractivity (Wildman–Crippen MR) is 164 cm³/mol. The minimum Gasteiger partial charge on any atom is -0.466 e. The van der Waals surface area contributed by atoms with E-state index in [1.54, 1.807) is 26.0 Å². The van der Waals surface area contributed by atoms with Gasteiger partial charge in [0.2, 0.25) is 0 Å². The number of nitrogens with one attached hydrogen (secondary N) is 1. The van der Waals surface area contributed by atoms with E-state index < -0.39 is 52.6 Å². The number of alkyl halides is 6. The quantitative estimate of drug-likeness (QED) is 0.173. The molecule has 2 aromatic carbocycles. The van der Waals surface area contributed by atoms with E-state index in [1.165, 1.54) is 32.2 Å². The van der Waals surface area contributed by atoms with Crippen LogP contribution in [0.15, 0.2) is 48.7 Å². The van der Waals surface area contributed by atoms with E-state index >= 15 is 0 Å². The molecule has 1 aromatic heterocycles. The molecule has 6 nitrogen and oxygen atoms in total. The predicted octanol–water partition coefficient (Wildman–Crippen LogP) is 8.36. The summed E-state index contributed by atoms with van der Waals surface area (Å²) >= 11 is 0. The smallest absolute Gasteiger partial charge is 0.416 e. The number of Topliss-reactive ketones (excluding diaryl/α,β-unsaturated/α-hetero) is 1. The van der Waals surface area contributed by atoms with Gasteiger partial charge in [0.1, 0.15) is 11.6 Å². The second kappa shape index (κ2) is 13.9. The molecule has 1 saturated heterocycles. The molecule has 0 bridgehead atoms. The van der Waals surface area contributed by atoms with Gasteiger partial charge >= 0.3 is 18.3 Å². The fraction of sp³-hybridized carbons (Fsp3) is 0.441. The molecule has 0 saturated carbocycles. The summed E-state index contributed by atoms with van der Waals surface area (Å²) in [5.74, 6) is -0.572. The number of nitrogens with zero attached hydrogens (tertiary/aromatic N) is 2. The monoisotopic (exact) mass is 667 g/mol. The van der Waals surface area contributed by atoms with Crippen LogP contribution in [-0.2, 0) is 32.1 Å². The highest BCUT2D eigenvalue weighted by Crippen LogP contribution is 2.40. The lowest BCUT2D eigenvalue weighted by atomic mass is 9.79. The molecule has 0 unspecified atom stereocenters. The molecule has 4 rings (SSSR count). The summed E-state index contributed by atoms with van der Waals surface area (Å²) in [7, 11) is 0. The minimum atomic E-state index is -5.06. The highest BCUT2D eigenvalue weighted by molar-refractivity contribution is 5.94. The van der Waals surface area contributed by atoms with Crippen LogP contribution in [-0.4, -0.2) is 43.0 Å². The summed E-state index contributed by atoms with van der Waals surface area (Å²) in [6.07, 6.45) is -6.82. The van der Waals surface area contributed by atoms with Gasteiger partial charge in [-0.3, -0.25) is 9.59 Å².